The van der Waals surface area contributed by atoms with Crippen LogP contribution in [0.2, 0.25) is 0 Å². The molecule has 0 spiro atoms. The van der Waals surface area contributed by atoms with Crippen LogP contribution in [0.5, 0.6) is 0 Å². The van der Waals surface area contributed by atoms with Crippen molar-refractivity contribution in [2.24, 2.45) is 5.73 Å². The van der Waals surface area contributed by atoms with Gasteiger partial charge in [0.05, 0.1) is 6.04 Å². The monoisotopic (exact) mass is 352 g/mol. The van der Waals surface area contributed by atoms with Crippen LogP contribution in [0.15, 0.2) is 41.8 Å². The van der Waals surface area contributed by atoms with Gasteiger partial charge >= 0.3 is 0 Å². The van der Waals surface area contributed by atoms with Crippen LogP contribution in [0.3, 0.4) is 0 Å². The molecule has 1 amide bonds. The summed E-state index contributed by atoms with van der Waals surface area (Å²) in [5.74, 6) is -0.00374. The third-order valence-electron chi connectivity index (χ3n) is 3.64. The SMILES string of the molecule is CCCCc1ccc(C(NC(=O)CCN)c2cccs2)cc1.Cl. The summed E-state index contributed by atoms with van der Waals surface area (Å²) in [6, 6.07) is 12.6. The molecule has 3 N–H and O–H groups in total. The zero-order valence-electron chi connectivity index (χ0n) is 13.5. The first-order chi connectivity index (χ1) is 10.7. The van der Waals surface area contributed by atoms with Crippen molar-refractivity contribution in [1.29, 1.82) is 0 Å². The predicted octanol–water partition coefficient (Wildman–Crippen LogP) is 4.07. The standard InChI is InChI=1S/C18H24N2OS.ClH/c1-2-3-5-14-7-9-15(10-8-14)18(16-6-4-13-22-16)20-17(21)11-12-19;/h4,6-10,13,18H,2-3,5,11-12,19H2,1H3,(H,20,21);1H. The number of thiophene rings is 1. The topological polar surface area (TPSA) is 55.1 Å². The molecule has 126 valence electrons. The van der Waals surface area contributed by atoms with Crippen LogP contribution in [0, 0.1) is 0 Å². The van der Waals surface area contributed by atoms with Crippen molar-refractivity contribution >= 4 is 29.7 Å². The summed E-state index contributed by atoms with van der Waals surface area (Å²) in [5.41, 5.74) is 7.94. The van der Waals surface area contributed by atoms with Crippen molar-refractivity contribution in [3.63, 3.8) is 0 Å². The lowest BCUT2D eigenvalue weighted by Gasteiger charge is -2.18. The van der Waals surface area contributed by atoms with Gasteiger partial charge in [-0.2, -0.15) is 0 Å². The Labute approximate surface area is 148 Å². The van der Waals surface area contributed by atoms with Crippen molar-refractivity contribution in [2.75, 3.05) is 6.54 Å². The highest BCUT2D eigenvalue weighted by molar-refractivity contribution is 7.10. The number of aryl methyl sites for hydroxylation is 1. The smallest absolute Gasteiger partial charge is 0.222 e. The maximum atomic E-state index is 11.9. The first kappa shape index (κ1) is 19.7. The Hall–Kier alpha value is -1.36. The van der Waals surface area contributed by atoms with E-state index in [-0.39, 0.29) is 24.4 Å². The van der Waals surface area contributed by atoms with E-state index in [1.807, 2.05) is 11.4 Å². The number of hydrogen-bond donors (Lipinski definition) is 2. The molecule has 0 aliphatic heterocycles. The van der Waals surface area contributed by atoms with Gasteiger partial charge in [-0.3, -0.25) is 4.79 Å². The molecule has 0 saturated heterocycles. The molecule has 1 heterocycles. The van der Waals surface area contributed by atoms with Crippen LogP contribution in [-0.2, 0) is 11.2 Å². The van der Waals surface area contributed by atoms with Crippen LogP contribution in [0.4, 0.5) is 0 Å². The molecule has 1 aromatic heterocycles. The number of carbonyl (C=O) groups is 1. The number of nitrogens with one attached hydrogen (secondary N) is 1. The zero-order valence-corrected chi connectivity index (χ0v) is 15.1. The average molecular weight is 353 g/mol. The summed E-state index contributed by atoms with van der Waals surface area (Å²) in [4.78, 5) is 13.1. The van der Waals surface area contributed by atoms with Crippen molar-refractivity contribution in [2.45, 2.75) is 38.6 Å². The lowest BCUT2D eigenvalue weighted by atomic mass is 10.0. The number of halogens is 1. The van der Waals surface area contributed by atoms with E-state index in [9.17, 15) is 4.79 Å². The Balaban J connectivity index is 0.00000264. The van der Waals surface area contributed by atoms with E-state index in [1.165, 1.54) is 18.4 Å². The van der Waals surface area contributed by atoms with Gasteiger partial charge in [0.15, 0.2) is 0 Å². The van der Waals surface area contributed by atoms with E-state index < -0.39 is 0 Å². The molecule has 2 rings (SSSR count). The van der Waals surface area contributed by atoms with Gasteiger partial charge in [0, 0.05) is 17.8 Å². The average Bonchev–Trinajstić information content (AvgIpc) is 3.06. The van der Waals surface area contributed by atoms with E-state index in [0.717, 1.165) is 16.9 Å². The van der Waals surface area contributed by atoms with Gasteiger partial charge in [0.2, 0.25) is 5.91 Å². The highest BCUT2D eigenvalue weighted by Gasteiger charge is 2.17. The third kappa shape index (κ3) is 5.98. The van der Waals surface area contributed by atoms with E-state index in [1.54, 1.807) is 11.3 Å². The summed E-state index contributed by atoms with van der Waals surface area (Å²) in [5, 5.41) is 5.13. The van der Waals surface area contributed by atoms with Gasteiger partial charge in [0.1, 0.15) is 0 Å². The molecular formula is C18H25ClN2OS. The minimum atomic E-state index is -0.0840. The Morgan fingerprint density at radius 1 is 1.26 bits per heavy atom. The van der Waals surface area contributed by atoms with Crippen LogP contribution < -0.4 is 11.1 Å². The number of amides is 1. The summed E-state index contributed by atoms with van der Waals surface area (Å²) >= 11 is 1.66. The number of unbranched alkanes of at least 4 members (excludes halogenated alkanes) is 1. The molecule has 3 nitrogen and oxygen atoms in total. The third-order valence-corrected chi connectivity index (χ3v) is 4.57. The highest BCUT2D eigenvalue weighted by Crippen LogP contribution is 2.26. The molecule has 5 heteroatoms. The molecule has 0 bridgehead atoms. The first-order valence-corrected chi connectivity index (χ1v) is 8.74. The molecule has 0 saturated carbocycles. The fourth-order valence-corrected chi connectivity index (χ4v) is 3.20. The summed E-state index contributed by atoms with van der Waals surface area (Å²) < 4.78 is 0. The normalized spacial score (nSPS) is 11.6. The molecule has 0 aliphatic rings. The molecule has 1 unspecified atom stereocenters. The van der Waals surface area contributed by atoms with Gasteiger partial charge < -0.3 is 11.1 Å². The maximum absolute atomic E-state index is 11.9. The van der Waals surface area contributed by atoms with Crippen LogP contribution in [0.25, 0.3) is 0 Å². The van der Waals surface area contributed by atoms with Gasteiger partial charge in [-0.1, -0.05) is 43.7 Å². The predicted molar refractivity (Wildman–Crippen MR) is 100 cm³/mol. The fourth-order valence-electron chi connectivity index (χ4n) is 2.40. The molecule has 1 aromatic carbocycles. The second kappa shape index (κ2) is 10.4. The van der Waals surface area contributed by atoms with Gasteiger partial charge in [0.25, 0.3) is 0 Å². The molecule has 2 aromatic rings. The van der Waals surface area contributed by atoms with Crippen molar-refractivity contribution in [1.82, 2.24) is 5.32 Å². The number of benzene rings is 1. The highest BCUT2D eigenvalue weighted by atomic mass is 35.5. The molecular weight excluding hydrogens is 328 g/mol. The Morgan fingerprint density at radius 3 is 2.57 bits per heavy atom. The Morgan fingerprint density at radius 2 is 2.00 bits per heavy atom. The number of rotatable bonds is 8. The van der Waals surface area contributed by atoms with Gasteiger partial charge in [-0.25, -0.2) is 0 Å². The maximum Gasteiger partial charge on any atom is 0.222 e. The van der Waals surface area contributed by atoms with Crippen molar-refractivity contribution in [3.05, 3.63) is 57.8 Å². The molecule has 1 atom stereocenters. The van der Waals surface area contributed by atoms with E-state index in [2.05, 4.69) is 42.6 Å². The van der Waals surface area contributed by atoms with Crippen LogP contribution >= 0.6 is 23.7 Å². The lowest BCUT2D eigenvalue weighted by molar-refractivity contribution is -0.121. The molecule has 23 heavy (non-hydrogen) atoms. The van der Waals surface area contributed by atoms with E-state index >= 15 is 0 Å². The van der Waals surface area contributed by atoms with E-state index in [0.29, 0.717) is 13.0 Å². The summed E-state index contributed by atoms with van der Waals surface area (Å²) in [6.07, 6.45) is 3.88. The van der Waals surface area contributed by atoms with E-state index in [4.69, 9.17) is 5.73 Å². The quantitative estimate of drug-likeness (QED) is 0.752. The molecule has 0 fully saturated rings. The number of nitrogens with two attached hydrogens (primary N) is 1. The zero-order chi connectivity index (χ0) is 15.8. The second-order valence-corrected chi connectivity index (χ2v) is 6.38. The Kier molecular flexibility index (Phi) is 8.92. The van der Waals surface area contributed by atoms with Crippen LogP contribution in [0.1, 0.15) is 48.2 Å². The van der Waals surface area contributed by atoms with Gasteiger partial charge in [-0.15, -0.1) is 23.7 Å². The largest absolute Gasteiger partial charge is 0.344 e. The van der Waals surface area contributed by atoms with Crippen LogP contribution in [-0.4, -0.2) is 12.5 Å². The fraction of sp³-hybridized carbons (Fsp3) is 0.389. The molecule has 0 aliphatic carbocycles. The van der Waals surface area contributed by atoms with Crippen molar-refractivity contribution in [3.8, 4) is 0 Å². The lowest BCUT2D eigenvalue weighted by Crippen LogP contribution is -2.30. The second-order valence-electron chi connectivity index (χ2n) is 5.40. The molecule has 0 radical (unpaired) electrons. The Bertz CT molecular complexity index is 569. The number of hydrogen-bond acceptors (Lipinski definition) is 3. The first-order valence-electron chi connectivity index (χ1n) is 7.86. The van der Waals surface area contributed by atoms with Gasteiger partial charge in [-0.05, 0) is 35.4 Å². The van der Waals surface area contributed by atoms with Crippen molar-refractivity contribution < 1.29 is 4.79 Å². The minimum absolute atomic E-state index is 0. The summed E-state index contributed by atoms with van der Waals surface area (Å²) in [6.45, 7) is 2.58. The minimum Gasteiger partial charge on any atom is -0.344 e. The number of carbonyl (C=O) groups excluding carboxylic acids is 1. The summed E-state index contributed by atoms with van der Waals surface area (Å²) in [7, 11) is 0.